The Morgan fingerprint density at radius 3 is 1.73 bits per heavy atom. The maximum atomic E-state index is 14.9. The maximum absolute atomic E-state index is 14.9. The normalized spacial score (nSPS) is 12.3. The van der Waals surface area contributed by atoms with Crippen LogP contribution in [-0.2, 0) is 39.8 Å². The van der Waals surface area contributed by atoms with Crippen molar-refractivity contribution >= 4 is 39.2 Å². The third-order valence-electron chi connectivity index (χ3n) is 7.43. The molecule has 4 aromatic rings. The summed E-state index contributed by atoms with van der Waals surface area (Å²) in [7, 11) is -5.81. The first-order chi connectivity index (χ1) is 23.5. The SMILES string of the molecule is CC(C)(F)c1cc(CN(C(=O)CN(Cc2ccc(Cl)cc2)S(=O)(=O)c2c(F)c(F)c(F)c(F)c2F)c2ccc(C(=O)O)cc2)cc(C(F)(F)F)c1. The van der Waals surface area contributed by atoms with Gasteiger partial charge in [0.2, 0.25) is 21.7 Å². The molecule has 0 aliphatic carbocycles. The molecule has 4 rings (SSSR count). The number of nitrogens with zero attached hydrogens (tertiary/aromatic N) is 2. The predicted octanol–water partition coefficient (Wildman–Crippen LogP) is 8.38. The Hall–Kier alpha value is -4.61. The molecule has 0 spiro atoms. The van der Waals surface area contributed by atoms with E-state index < -0.39 is 98.5 Å². The number of amides is 1. The number of carboxylic acid groups (broad SMARTS) is 1. The van der Waals surface area contributed by atoms with Crippen molar-refractivity contribution in [2.75, 3.05) is 11.4 Å². The molecule has 51 heavy (non-hydrogen) atoms. The van der Waals surface area contributed by atoms with E-state index >= 15 is 0 Å². The van der Waals surface area contributed by atoms with E-state index in [1.807, 2.05) is 0 Å². The number of halogens is 10. The van der Waals surface area contributed by atoms with Crippen LogP contribution in [0.15, 0.2) is 71.6 Å². The van der Waals surface area contributed by atoms with Crippen LogP contribution in [0.25, 0.3) is 0 Å². The molecule has 4 aromatic carbocycles. The molecule has 0 aromatic heterocycles. The first kappa shape index (κ1) is 39.2. The summed E-state index contributed by atoms with van der Waals surface area (Å²) in [5.74, 6) is -16.0. The molecular formula is C33H24ClF9N2O5S. The van der Waals surface area contributed by atoms with Gasteiger partial charge in [-0.05, 0) is 79.1 Å². The number of carboxylic acids is 1. The molecule has 0 aliphatic rings. The van der Waals surface area contributed by atoms with Crippen LogP contribution in [0, 0.1) is 29.1 Å². The quantitative estimate of drug-likeness (QED) is 0.0941. The van der Waals surface area contributed by atoms with Gasteiger partial charge < -0.3 is 10.0 Å². The highest BCUT2D eigenvalue weighted by atomic mass is 35.5. The Morgan fingerprint density at radius 2 is 1.24 bits per heavy atom. The Morgan fingerprint density at radius 1 is 0.725 bits per heavy atom. The van der Waals surface area contributed by atoms with Crippen LogP contribution >= 0.6 is 11.6 Å². The Labute approximate surface area is 289 Å². The van der Waals surface area contributed by atoms with Crippen molar-refractivity contribution < 1.29 is 62.6 Å². The summed E-state index contributed by atoms with van der Waals surface area (Å²) >= 11 is 5.86. The molecule has 18 heteroatoms. The second kappa shape index (κ2) is 14.6. The van der Waals surface area contributed by atoms with Crippen LogP contribution in [0.4, 0.5) is 45.2 Å². The number of benzene rings is 4. The first-order valence-electron chi connectivity index (χ1n) is 14.3. The van der Waals surface area contributed by atoms with Gasteiger partial charge in [0.15, 0.2) is 28.2 Å². The Kier molecular flexibility index (Phi) is 11.2. The molecule has 1 N–H and O–H groups in total. The summed E-state index contributed by atoms with van der Waals surface area (Å²) in [5, 5.41) is 9.45. The van der Waals surface area contributed by atoms with Gasteiger partial charge in [0.25, 0.3) is 0 Å². The number of hydrogen-bond acceptors (Lipinski definition) is 4. The lowest BCUT2D eigenvalue weighted by Crippen LogP contribution is -2.43. The minimum atomic E-state index is -5.81. The smallest absolute Gasteiger partial charge is 0.416 e. The van der Waals surface area contributed by atoms with E-state index in [9.17, 15) is 62.6 Å². The highest BCUT2D eigenvalue weighted by molar-refractivity contribution is 7.89. The zero-order valence-electron chi connectivity index (χ0n) is 26.1. The summed E-state index contributed by atoms with van der Waals surface area (Å²) in [6, 6.07) is 11.2. The van der Waals surface area contributed by atoms with Crippen molar-refractivity contribution in [1.82, 2.24) is 4.31 Å². The minimum absolute atomic E-state index is 0.00436. The fraction of sp³-hybridized carbons (Fsp3) is 0.212. The zero-order valence-corrected chi connectivity index (χ0v) is 27.7. The highest BCUT2D eigenvalue weighted by Crippen LogP contribution is 2.36. The summed E-state index contributed by atoms with van der Waals surface area (Å²) in [6.45, 7) is -1.25. The lowest BCUT2D eigenvalue weighted by Gasteiger charge is -2.29. The molecule has 1 amide bonds. The summed E-state index contributed by atoms with van der Waals surface area (Å²) in [6.07, 6.45) is -4.99. The van der Waals surface area contributed by atoms with E-state index in [1.165, 1.54) is 24.3 Å². The third-order valence-corrected chi connectivity index (χ3v) is 9.49. The van der Waals surface area contributed by atoms with E-state index in [4.69, 9.17) is 11.6 Å². The van der Waals surface area contributed by atoms with Crippen LogP contribution < -0.4 is 4.90 Å². The highest BCUT2D eigenvalue weighted by Gasteiger charge is 2.39. The van der Waals surface area contributed by atoms with E-state index in [1.54, 1.807) is 0 Å². The lowest BCUT2D eigenvalue weighted by atomic mass is 9.95. The van der Waals surface area contributed by atoms with Gasteiger partial charge >= 0.3 is 12.1 Å². The van der Waals surface area contributed by atoms with Crippen molar-refractivity contribution in [3.8, 4) is 0 Å². The van der Waals surface area contributed by atoms with Crippen molar-refractivity contribution in [1.29, 1.82) is 0 Å². The van der Waals surface area contributed by atoms with E-state index in [0.29, 0.717) is 17.0 Å². The average molecular weight is 767 g/mol. The van der Waals surface area contributed by atoms with E-state index in [-0.39, 0.29) is 31.7 Å². The first-order valence-corrected chi connectivity index (χ1v) is 16.1. The monoisotopic (exact) mass is 766 g/mol. The van der Waals surface area contributed by atoms with Gasteiger partial charge in [0.05, 0.1) is 24.2 Å². The molecule has 0 bridgehead atoms. The molecule has 0 unspecified atom stereocenters. The van der Waals surface area contributed by atoms with Gasteiger partial charge in [0.1, 0.15) is 5.67 Å². The second-order valence-electron chi connectivity index (χ2n) is 11.5. The lowest BCUT2D eigenvalue weighted by molar-refractivity contribution is -0.137. The molecule has 7 nitrogen and oxygen atoms in total. The maximum Gasteiger partial charge on any atom is 0.416 e. The number of sulfonamides is 1. The second-order valence-corrected chi connectivity index (χ2v) is 13.8. The van der Waals surface area contributed by atoms with Gasteiger partial charge in [-0.25, -0.2) is 39.6 Å². The fourth-order valence-corrected chi connectivity index (χ4v) is 6.39. The standard InChI is InChI=1S/C33H24ClF9N2O5S/c1-32(2,40)20-11-18(12-21(13-20)33(41,42)43)15-45(23-9-5-19(6-10-23)31(47)48)24(46)16-44(14-17-3-7-22(34)8-4-17)51(49,50)30-28(38)26(36)25(35)27(37)29(30)39/h3-13H,14-16H2,1-2H3,(H,47,48). The molecule has 0 atom stereocenters. The molecule has 0 heterocycles. The van der Waals surface area contributed by atoms with Crippen molar-refractivity contribution in [3.63, 3.8) is 0 Å². The minimum Gasteiger partial charge on any atom is -0.478 e. The predicted molar refractivity (Wildman–Crippen MR) is 165 cm³/mol. The Bertz CT molecular complexity index is 2030. The fourth-order valence-electron chi connectivity index (χ4n) is 4.78. The number of carbonyl (C=O) groups excluding carboxylic acids is 1. The van der Waals surface area contributed by atoms with Crippen LogP contribution in [0.5, 0.6) is 0 Å². The number of alkyl halides is 4. The van der Waals surface area contributed by atoms with Crippen LogP contribution in [0.3, 0.4) is 0 Å². The van der Waals surface area contributed by atoms with Gasteiger partial charge in [-0.2, -0.15) is 17.5 Å². The van der Waals surface area contributed by atoms with Crippen LogP contribution in [0.1, 0.15) is 46.5 Å². The molecule has 272 valence electrons. The van der Waals surface area contributed by atoms with Crippen molar-refractivity contribution in [3.05, 3.63) is 129 Å². The number of rotatable bonds is 11. The Balaban J connectivity index is 1.89. The number of carbonyl (C=O) groups is 2. The molecule has 0 radical (unpaired) electrons. The number of aromatic carboxylic acids is 1. The van der Waals surface area contributed by atoms with Gasteiger partial charge in [-0.3, -0.25) is 4.79 Å². The van der Waals surface area contributed by atoms with Crippen molar-refractivity contribution in [2.24, 2.45) is 0 Å². The number of hydrogen-bond donors (Lipinski definition) is 1. The van der Waals surface area contributed by atoms with Crippen LogP contribution in [0.2, 0.25) is 5.02 Å². The largest absolute Gasteiger partial charge is 0.478 e. The molecule has 0 aliphatic heterocycles. The topological polar surface area (TPSA) is 95.0 Å². The third kappa shape index (κ3) is 8.65. The van der Waals surface area contributed by atoms with Gasteiger partial charge in [0, 0.05) is 17.3 Å². The molecule has 0 saturated carbocycles. The number of anilines is 1. The molecular weight excluding hydrogens is 743 g/mol. The van der Waals surface area contributed by atoms with E-state index in [0.717, 1.165) is 44.2 Å². The average Bonchev–Trinajstić information content (AvgIpc) is 3.05. The molecule has 0 fully saturated rings. The van der Waals surface area contributed by atoms with Gasteiger partial charge in [-0.1, -0.05) is 29.8 Å². The van der Waals surface area contributed by atoms with E-state index in [2.05, 4.69) is 0 Å². The summed E-state index contributed by atoms with van der Waals surface area (Å²) in [5.41, 5.74) is -4.97. The summed E-state index contributed by atoms with van der Waals surface area (Å²) < 4.78 is 156. The van der Waals surface area contributed by atoms with Crippen LogP contribution in [-0.4, -0.2) is 36.3 Å². The summed E-state index contributed by atoms with van der Waals surface area (Å²) in [4.78, 5) is 23.8. The van der Waals surface area contributed by atoms with Gasteiger partial charge in [-0.15, -0.1) is 0 Å². The zero-order chi connectivity index (χ0) is 38.2. The molecule has 0 saturated heterocycles. The van der Waals surface area contributed by atoms with Crippen molar-refractivity contribution in [2.45, 2.75) is 43.7 Å².